The van der Waals surface area contributed by atoms with E-state index in [1.165, 1.54) is 0 Å². The molecule has 0 aliphatic carbocycles. The van der Waals surface area contributed by atoms with E-state index in [0.717, 1.165) is 16.5 Å². The minimum atomic E-state index is -0.544. The van der Waals surface area contributed by atoms with Crippen LogP contribution >= 0.6 is 11.6 Å². The Hall–Kier alpha value is -2.34. The van der Waals surface area contributed by atoms with E-state index in [-0.39, 0.29) is 30.6 Å². The summed E-state index contributed by atoms with van der Waals surface area (Å²) in [5, 5.41) is 6.74. The maximum absolute atomic E-state index is 11.9. The smallest absolute Gasteiger partial charge is 0.230 e. The molecule has 2 heterocycles. The molecule has 2 aromatic rings. The maximum atomic E-state index is 11.9. The number of aromatic nitrogens is 1. The summed E-state index contributed by atoms with van der Waals surface area (Å²) in [5.41, 5.74) is 2.05. The quantitative estimate of drug-likeness (QED) is 0.725. The average Bonchev–Trinajstić information content (AvgIpc) is 3.02. The number of carbonyl (C=O) groups excluding carboxylic acids is 3. The molecular formula is C16H16ClN3O3. The largest absolute Gasteiger partial charge is 0.361 e. The number of hydrogen-bond acceptors (Lipinski definition) is 3. The molecule has 7 heteroatoms. The van der Waals surface area contributed by atoms with Crippen LogP contribution in [0.4, 0.5) is 0 Å². The Bertz CT molecular complexity index is 784. The molecule has 3 N–H and O–H groups in total. The third kappa shape index (κ3) is 3.53. The van der Waals surface area contributed by atoms with Crippen molar-refractivity contribution in [3.63, 3.8) is 0 Å². The molecule has 1 aromatic carbocycles. The standard InChI is InChI=1S/C16H16ClN3O3/c17-11-1-2-12-9(8-19-13(12)7-11)3-4-18-14(21)5-10-6-15(22)20-16(10)23/h1-2,7-8,10,19H,3-6H2,(H,18,21)(H,20,22,23). The van der Waals surface area contributed by atoms with Crippen LogP contribution in [0.5, 0.6) is 0 Å². The molecule has 1 atom stereocenters. The lowest BCUT2D eigenvalue weighted by molar-refractivity contribution is -0.129. The zero-order valence-corrected chi connectivity index (χ0v) is 13.1. The minimum Gasteiger partial charge on any atom is -0.361 e. The van der Waals surface area contributed by atoms with Gasteiger partial charge in [-0.2, -0.15) is 0 Å². The molecule has 1 unspecified atom stereocenters. The number of H-pyrrole nitrogens is 1. The van der Waals surface area contributed by atoms with E-state index >= 15 is 0 Å². The van der Waals surface area contributed by atoms with Gasteiger partial charge in [0, 0.05) is 41.5 Å². The van der Waals surface area contributed by atoms with Crippen molar-refractivity contribution in [1.29, 1.82) is 0 Å². The number of rotatable bonds is 5. The van der Waals surface area contributed by atoms with Crippen molar-refractivity contribution in [2.45, 2.75) is 19.3 Å². The van der Waals surface area contributed by atoms with E-state index in [2.05, 4.69) is 15.6 Å². The van der Waals surface area contributed by atoms with Crippen LogP contribution in [0.25, 0.3) is 10.9 Å². The van der Waals surface area contributed by atoms with Crippen molar-refractivity contribution in [3.05, 3.63) is 35.0 Å². The predicted molar refractivity (Wildman–Crippen MR) is 85.9 cm³/mol. The summed E-state index contributed by atoms with van der Waals surface area (Å²) in [6.07, 6.45) is 2.70. The second-order valence-corrected chi connectivity index (χ2v) is 6.06. The Labute approximate surface area is 137 Å². The third-order valence-corrected chi connectivity index (χ3v) is 4.18. The summed E-state index contributed by atoms with van der Waals surface area (Å²) in [6.45, 7) is 0.469. The van der Waals surface area contributed by atoms with Crippen molar-refractivity contribution in [2.24, 2.45) is 5.92 Å². The van der Waals surface area contributed by atoms with Gasteiger partial charge in [-0.15, -0.1) is 0 Å². The van der Waals surface area contributed by atoms with Gasteiger partial charge < -0.3 is 10.3 Å². The van der Waals surface area contributed by atoms with Crippen molar-refractivity contribution in [2.75, 3.05) is 6.54 Å². The molecule has 0 bridgehead atoms. The van der Waals surface area contributed by atoms with Crippen LogP contribution < -0.4 is 10.6 Å². The number of benzene rings is 1. The topological polar surface area (TPSA) is 91.1 Å². The first-order chi connectivity index (χ1) is 11.0. The molecule has 3 amide bonds. The normalized spacial score (nSPS) is 17.5. The molecule has 0 radical (unpaired) electrons. The van der Waals surface area contributed by atoms with Gasteiger partial charge in [0.2, 0.25) is 17.7 Å². The number of carbonyl (C=O) groups is 3. The Morgan fingerprint density at radius 1 is 1.35 bits per heavy atom. The van der Waals surface area contributed by atoms with Gasteiger partial charge in [-0.3, -0.25) is 19.7 Å². The fourth-order valence-corrected chi connectivity index (χ4v) is 2.94. The van der Waals surface area contributed by atoms with E-state index in [9.17, 15) is 14.4 Å². The first-order valence-corrected chi connectivity index (χ1v) is 7.76. The van der Waals surface area contributed by atoms with Crippen LogP contribution in [-0.2, 0) is 20.8 Å². The fraction of sp³-hybridized carbons (Fsp3) is 0.312. The first-order valence-electron chi connectivity index (χ1n) is 7.39. The number of halogens is 1. The summed E-state index contributed by atoms with van der Waals surface area (Å²) >= 11 is 5.94. The number of imide groups is 1. The van der Waals surface area contributed by atoms with Gasteiger partial charge >= 0.3 is 0 Å². The molecule has 1 fully saturated rings. The Kier molecular flexibility index (Phi) is 4.34. The fourth-order valence-electron chi connectivity index (χ4n) is 2.77. The van der Waals surface area contributed by atoms with E-state index in [0.29, 0.717) is 18.0 Å². The van der Waals surface area contributed by atoms with Crippen molar-refractivity contribution < 1.29 is 14.4 Å². The van der Waals surface area contributed by atoms with Crippen LogP contribution in [0.3, 0.4) is 0 Å². The Morgan fingerprint density at radius 2 is 2.17 bits per heavy atom. The second kappa shape index (κ2) is 6.42. The highest BCUT2D eigenvalue weighted by molar-refractivity contribution is 6.31. The molecule has 120 valence electrons. The van der Waals surface area contributed by atoms with Gasteiger partial charge in [0.25, 0.3) is 0 Å². The van der Waals surface area contributed by atoms with Crippen LogP contribution in [0.2, 0.25) is 5.02 Å². The lowest BCUT2D eigenvalue weighted by Crippen LogP contribution is -2.30. The third-order valence-electron chi connectivity index (χ3n) is 3.94. The Morgan fingerprint density at radius 3 is 2.91 bits per heavy atom. The summed E-state index contributed by atoms with van der Waals surface area (Å²) in [6, 6.07) is 5.63. The molecule has 1 aliphatic heterocycles. The van der Waals surface area contributed by atoms with Crippen LogP contribution in [-0.4, -0.2) is 29.3 Å². The lowest BCUT2D eigenvalue weighted by Gasteiger charge is -2.07. The summed E-state index contributed by atoms with van der Waals surface area (Å²) in [5.74, 6) is -1.44. The average molecular weight is 334 g/mol. The number of amides is 3. The van der Waals surface area contributed by atoms with Crippen molar-refractivity contribution in [1.82, 2.24) is 15.6 Å². The summed E-state index contributed by atoms with van der Waals surface area (Å²) < 4.78 is 0. The molecule has 0 saturated carbocycles. The zero-order chi connectivity index (χ0) is 16.4. The molecule has 23 heavy (non-hydrogen) atoms. The molecule has 1 saturated heterocycles. The Balaban J connectivity index is 1.51. The summed E-state index contributed by atoms with van der Waals surface area (Å²) in [7, 11) is 0. The van der Waals surface area contributed by atoms with Gasteiger partial charge in [0.15, 0.2) is 0 Å². The molecule has 1 aliphatic rings. The molecule has 1 aromatic heterocycles. The predicted octanol–water partition coefficient (Wildman–Crippen LogP) is 1.53. The van der Waals surface area contributed by atoms with E-state index < -0.39 is 5.92 Å². The highest BCUT2D eigenvalue weighted by atomic mass is 35.5. The van der Waals surface area contributed by atoms with Crippen LogP contribution in [0.15, 0.2) is 24.4 Å². The molecule has 3 rings (SSSR count). The zero-order valence-electron chi connectivity index (χ0n) is 12.3. The van der Waals surface area contributed by atoms with Gasteiger partial charge in [-0.25, -0.2) is 0 Å². The number of nitrogens with one attached hydrogen (secondary N) is 3. The molecule has 6 nitrogen and oxygen atoms in total. The summed E-state index contributed by atoms with van der Waals surface area (Å²) in [4.78, 5) is 37.5. The molecule has 0 spiro atoms. The SMILES string of the molecule is O=C(CC1CC(=O)NC1=O)NCCc1c[nH]c2cc(Cl)ccc12. The highest BCUT2D eigenvalue weighted by Crippen LogP contribution is 2.22. The minimum absolute atomic E-state index is 0.0427. The lowest BCUT2D eigenvalue weighted by atomic mass is 10.0. The van der Waals surface area contributed by atoms with Crippen LogP contribution in [0, 0.1) is 5.92 Å². The first kappa shape index (κ1) is 15.6. The molecular weight excluding hydrogens is 318 g/mol. The van der Waals surface area contributed by atoms with E-state index in [4.69, 9.17) is 11.6 Å². The number of hydrogen-bond donors (Lipinski definition) is 3. The number of fused-ring (bicyclic) bond motifs is 1. The number of aromatic amines is 1. The highest BCUT2D eigenvalue weighted by Gasteiger charge is 2.31. The monoisotopic (exact) mass is 333 g/mol. The second-order valence-electron chi connectivity index (χ2n) is 5.62. The van der Waals surface area contributed by atoms with E-state index in [1.54, 1.807) is 0 Å². The van der Waals surface area contributed by atoms with E-state index in [1.807, 2.05) is 24.4 Å². The van der Waals surface area contributed by atoms with Gasteiger partial charge in [0.05, 0.1) is 5.92 Å². The maximum Gasteiger partial charge on any atom is 0.230 e. The van der Waals surface area contributed by atoms with Crippen molar-refractivity contribution in [3.8, 4) is 0 Å². The van der Waals surface area contributed by atoms with Gasteiger partial charge in [0.1, 0.15) is 0 Å². The van der Waals surface area contributed by atoms with Crippen molar-refractivity contribution >= 4 is 40.2 Å². The van der Waals surface area contributed by atoms with Gasteiger partial charge in [-0.05, 0) is 24.1 Å². The van der Waals surface area contributed by atoms with Crippen LogP contribution in [0.1, 0.15) is 18.4 Å². The van der Waals surface area contributed by atoms with Gasteiger partial charge in [-0.1, -0.05) is 17.7 Å².